The van der Waals surface area contributed by atoms with Crippen LogP contribution < -0.4 is 0 Å². The Morgan fingerprint density at radius 3 is 2.91 bits per heavy atom. The van der Waals surface area contributed by atoms with Crippen LogP contribution in [0, 0.1) is 5.82 Å². The maximum atomic E-state index is 13.5. The van der Waals surface area contributed by atoms with Crippen molar-refractivity contribution in [3.8, 4) is 11.3 Å². The van der Waals surface area contributed by atoms with Crippen molar-refractivity contribution in [2.45, 2.75) is 32.9 Å². The normalized spacial score (nSPS) is 12.5. The first-order valence-electron chi connectivity index (χ1n) is 7.50. The third kappa shape index (κ3) is 3.17. The summed E-state index contributed by atoms with van der Waals surface area (Å²) < 4.78 is 20.8. The highest BCUT2D eigenvalue weighted by atomic mass is 19.1. The minimum Gasteiger partial charge on any atom is -0.447 e. The number of nitrogens with zero attached hydrogens (tertiary/aromatic N) is 3. The summed E-state index contributed by atoms with van der Waals surface area (Å²) in [6.07, 6.45) is 4.84. The van der Waals surface area contributed by atoms with E-state index in [1.54, 1.807) is 19.2 Å². The van der Waals surface area contributed by atoms with Crippen molar-refractivity contribution in [3.05, 3.63) is 59.7 Å². The predicted molar refractivity (Wildman–Crippen MR) is 83.2 cm³/mol. The van der Waals surface area contributed by atoms with Gasteiger partial charge in [-0.25, -0.2) is 9.37 Å². The number of rotatable bonds is 5. The Labute approximate surface area is 133 Å². The molecule has 2 aromatic heterocycles. The topological polar surface area (TPSA) is 64.1 Å². The van der Waals surface area contributed by atoms with E-state index in [-0.39, 0.29) is 5.82 Å². The number of oxazole rings is 1. The zero-order chi connectivity index (χ0) is 16.4. The fraction of sp³-hybridized carbons (Fsp3) is 0.294. The van der Waals surface area contributed by atoms with Crippen LogP contribution in [0.2, 0.25) is 0 Å². The third-order valence-electron chi connectivity index (χ3n) is 3.74. The third-order valence-corrected chi connectivity index (χ3v) is 3.74. The molecule has 1 atom stereocenters. The fourth-order valence-electron chi connectivity index (χ4n) is 2.57. The highest BCUT2D eigenvalue weighted by Crippen LogP contribution is 2.31. The van der Waals surface area contributed by atoms with Gasteiger partial charge in [0.15, 0.2) is 6.39 Å². The van der Waals surface area contributed by atoms with Crippen molar-refractivity contribution in [1.29, 1.82) is 0 Å². The molecule has 0 radical (unpaired) electrons. The summed E-state index contributed by atoms with van der Waals surface area (Å²) in [5, 5.41) is 14.1. The lowest BCUT2D eigenvalue weighted by Crippen LogP contribution is -1.98. The molecule has 1 aromatic carbocycles. The van der Waals surface area contributed by atoms with Crippen LogP contribution in [0.25, 0.3) is 11.3 Å². The van der Waals surface area contributed by atoms with E-state index < -0.39 is 6.10 Å². The van der Waals surface area contributed by atoms with Crippen LogP contribution in [0.5, 0.6) is 0 Å². The van der Waals surface area contributed by atoms with Crippen LogP contribution in [0.4, 0.5) is 4.39 Å². The molecular formula is C17H18FN3O2. The smallest absolute Gasteiger partial charge is 0.181 e. The van der Waals surface area contributed by atoms with Crippen molar-refractivity contribution in [1.82, 2.24) is 14.8 Å². The molecule has 0 bridgehead atoms. The Bertz CT molecular complexity index is 808. The van der Waals surface area contributed by atoms with E-state index in [9.17, 15) is 9.50 Å². The average molecular weight is 315 g/mol. The van der Waals surface area contributed by atoms with Gasteiger partial charge in [0.25, 0.3) is 0 Å². The summed E-state index contributed by atoms with van der Waals surface area (Å²) in [5.41, 5.74) is 2.79. The summed E-state index contributed by atoms with van der Waals surface area (Å²) >= 11 is 0. The fourth-order valence-corrected chi connectivity index (χ4v) is 2.57. The van der Waals surface area contributed by atoms with Crippen molar-refractivity contribution < 1.29 is 13.9 Å². The lowest BCUT2D eigenvalue weighted by Gasteiger charge is -2.11. The molecule has 1 N–H and O–H groups in total. The highest BCUT2D eigenvalue weighted by molar-refractivity contribution is 5.66. The molecule has 0 aliphatic heterocycles. The molecular weight excluding hydrogens is 297 g/mol. The quantitative estimate of drug-likeness (QED) is 0.784. The van der Waals surface area contributed by atoms with Gasteiger partial charge in [0.1, 0.15) is 17.3 Å². The summed E-state index contributed by atoms with van der Waals surface area (Å²) in [5.74, 6) is 0.271. The average Bonchev–Trinajstić information content (AvgIpc) is 3.17. The molecule has 0 amide bonds. The molecule has 120 valence electrons. The van der Waals surface area contributed by atoms with Gasteiger partial charge >= 0.3 is 0 Å². The lowest BCUT2D eigenvalue weighted by atomic mass is 9.98. The van der Waals surface area contributed by atoms with Crippen LogP contribution in [-0.2, 0) is 13.0 Å². The van der Waals surface area contributed by atoms with E-state index >= 15 is 0 Å². The number of aliphatic hydroxyl groups excluding tert-OH is 1. The SMILES string of the molecule is CCn1cc(Cc2ocnc2-c2ccc(F)cc2C(C)O)cn1. The summed E-state index contributed by atoms with van der Waals surface area (Å²) in [7, 11) is 0. The van der Waals surface area contributed by atoms with Gasteiger partial charge in [-0.1, -0.05) is 0 Å². The number of hydrogen-bond acceptors (Lipinski definition) is 4. The van der Waals surface area contributed by atoms with Gasteiger partial charge in [-0.2, -0.15) is 5.10 Å². The number of aromatic nitrogens is 3. The first-order chi connectivity index (χ1) is 11.1. The lowest BCUT2D eigenvalue weighted by molar-refractivity contribution is 0.199. The zero-order valence-corrected chi connectivity index (χ0v) is 13.0. The van der Waals surface area contributed by atoms with E-state index in [0.29, 0.717) is 29.0 Å². The standard InChI is InChI=1S/C17H18FN3O2/c1-3-21-9-12(8-20-21)6-16-17(19-10-23-16)14-5-4-13(18)7-15(14)11(2)22/h4-5,7-11,22H,3,6H2,1-2H3. The van der Waals surface area contributed by atoms with Crippen molar-refractivity contribution >= 4 is 0 Å². The maximum absolute atomic E-state index is 13.5. The molecule has 23 heavy (non-hydrogen) atoms. The monoisotopic (exact) mass is 315 g/mol. The number of halogens is 1. The molecule has 0 fully saturated rings. The summed E-state index contributed by atoms with van der Waals surface area (Å²) in [6.45, 7) is 4.42. The molecule has 3 rings (SSSR count). The molecule has 2 heterocycles. The number of hydrogen-bond donors (Lipinski definition) is 1. The van der Waals surface area contributed by atoms with Gasteiger partial charge in [0.2, 0.25) is 0 Å². The highest BCUT2D eigenvalue weighted by Gasteiger charge is 2.18. The van der Waals surface area contributed by atoms with E-state index in [4.69, 9.17) is 4.42 Å². The minimum atomic E-state index is -0.798. The number of aryl methyl sites for hydroxylation is 1. The number of benzene rings is 1. The molecule has 3 aromatic rings. The Kier molecular flexibility index (Phi) is 4.25. The van der Waals surface area contributed by atoms with Gasteiger partial charge < -0.3 is 9.52 Å². The zero-order valence-electron chi connectivity index (χ0n) is 13.0. The first kappa shape index (κ1) is 15.4. The Balaban J connectivity index is 1.98. The van der Waals surface area contributed by atoms with Gasteiger partial charge in [-0.05, 0) is 43.2 Å². The van der Waals surface area contributed by atoms with Gasteiger partial charge in [0.05, 0.1) is 12.3 Å². The van der Waals surface area contributed by atoms with Crippen molar-refractivity contribution in [2.75, 3.05) is 0 Å². The first-order valence-corrected chi connectivity index (χ1v) is 7.50. The van der Waals surface area contributed by atoms with Crippen molar-refractivity contribution in [3.63, 3.8) is 0 Å². The molecule has 0 spiro atoms. The Morgan fingerprint density at radius 2 is 2.22 bits per heavy atom. The van der Waals surface area contributed by atoms with Crippen LogP contribution in [0.3, 0.4) is 0 Å². The van der Waals surface area contributed by atoms with Crippen LogP contribution in [0.15, 0.2) is 41.4 Å². The molecule has 6 heteroatoms. The van der Waals surface area contributed by atoms with Crippen molar-refractivity contribution in [2.24, 2.45) is 0 Å². The molecule has 0 saturated heterocycles. The van der Waals surface area contributed by atoms with Gasteiger partial charge in [-0.3, -0.25) is 4.68 Å². The molecule has 0 aliphatic rings. The van der Waals surface area contributed by atoms with E-state index in [1.807, 2.05) is 17.8 Å². The van der Waals surface area contributed by atoms with Crippen LogP contribution in [-0.4, -0.2) is 19.9 Å². The second-order valence-electron chi connectivity index (χ2n) is 5.41. The van der Waals surface area contributed by atoms with E-state index in [0.717, 1.165) is 12.1 Å². The van der Waals surface area contributed by atoms with E-state index in [1.165, 1.54) is 18.5 Å². The molecule has 0 aliphatic carbocycles. The summed E-state index contributed by atoms with van der Waals surface area (Å²) in [4.78, 5) is 4.25. The minimum absolute atomic E-state index is 0.390. The largest absolute Gasteiger partial charge is 0.447 e. The maximum Gasteiger partial charge on any atom is 0.181 e. The van der Waals surface area contributed by atoms with Gasteiger partial charge in [0, 0.05) is 24.7 Å². The Morgan fingerprint density at radius 1 is 1.39 bits per heavy atom. The second kappa shape index (κ2) is 6.34. The second-order valence-corrected chi connectivity index (χ2v) is 5.41. The van der Waals surface area contributed by atoms with Gasteiger partial charge in [-0.15, -0.1) is 0 Å². The molecule has 1 unspecified atom stereocenters. The Hall–Kier alpha value is -2.47. The van der Waals surface area contributed by atoms with Crippen LogP contribution >= 0.6 is 0 Å². The van der Waals surface area contributed by atoms with E-state index in [2.05, 4.69) is 10.1 Å². The summed E-state index contributed by atoms with van der Waals surface area (Å²) in [6, 6.07) is 4.30. The predicted octanol–water partition coefficient (Wildman–Crippen LogP) is 3.34. The van der Waals surface area contributed by atoms with Crippen LogP contribution in [0.1, 0.15) is 36.8 Å². The number of aliphatic hydroxyl groups is 1. The molecule has 0 saturated carbocycles. The molecule has 5 nitrogen and oxygen atoms in total.